The molecule has 1 N–H and O–H groups in total. The molecular weight excluding hydrogens is 390 g/mol. The third-order valence-electron chi connectivity index (χ3n) is 4.16. The Kier molecular flexibility index (Phi) is 5.30. The maximum Gasteiger partial charge on any atom is 0.330 e. The number of tetrazole rings is 1. The number of rotatable bonds is 6. The fourth-order valence-corrected chi connectivity index (χ4v) is 3.38. The molecular formula is C20H17N5O3S. The number of esters is 1. The summed E-state index contributed by atoms with van der Waals surface area (Å²) in [5.41, 5.74) is 0.634. The number of thiophene rings is 1. The van der Waals surface area contributed by atoms with Gasteiger partial charge < -0.3 is 10.1 Å². The van der Waals surface area contributed by atoms with Crippen LogP contribution in [0.25, 0.3) is 21.5 Å². The van der Waals surface area contributed by atoms with E-state index >= 15 is 0 Å². The number of fused-ring (bicyclic) bond motifs is 1. The van der Waals surface area contributed by atoms with E-state index in [4.69, 9.17) is 4.74 Å². The van der Waals surface area contributed by atoms with E-state index < -0.39 is 18.0 Å². The van der Waals surface area contributed by atoms with E-state index in [1.807, 2.05) is 53.9 Å². The first-order valence-electron chi connectivity index (χ1n) is 8.89. The molecule has 0 spiro atoms. The van der Waals surface area contributed by atoms with Crippen LogP contribution in [0.3, 0.4) is 0 Å². The summed E-state index contributed by atoms with van der Waals surface area (Å²) < 4.78 is 5.20. The molecule has 0 saturated heterocycles. The first-order chi connectivity index (χ1) is 14.1. The van der Waals surface area contributed by atoms with E-state index in [1.54, 1.807) is 6.07 Å². The lowest BCUT2D eigenvalue weighted by Gasteiger charge is -2.13. The quantitative estimate of drug-likeness (QED) is 0.493. The predicted molar refractivity (Wildman–Crippen MR) is 109 cm³/mol. The van der Waals surface area contributed by atoms with Crippen LogP contribution in [0.4, 0.5) is 5.69 Å². The molecule has 2 aromatic heterocycles. The van der Waals surface area contributed by atoms with E-state index in [9.17, 15) is 9.59 Å². The lowest BCUT2D eigenvalue weighted by Crippen LogP contribution is -2.31. The third kappa shape index (κ3) is 4.46. The number of hydrogen-bond donors (Lipinski definition) is 1. The number of amides is 1. The molecule has 8 nitrogen and oxygen atoms in total. The summed E-state index contributed by atoms with van der Waals surface area (Å²) in [5, 5.41) is 18.6. The van der Waals surface area contributed by atoms with Crippen molar-refractivity contribution in [1.82, 2.24) is 20.2 Å². The van der Waals surface area contributed by atoms with E-state index in [2.05, 4.69) is 20.7 Å². The highest BCUT2D eigenvalue weighted by Gasteiger charge is 2.19. The standard InChI is InChI=1S/C20H17N5O3S/c1-13(20(27)21-16-9-8-14-5-2-3-6-15(14)11-16)28-18(26)12-25-23-19(22-24-25)17-7-4-10-29-17/h2-11,13H,12H2,1H3,(H,21,27)/t13-/m0/s1. The van der Waals surface area contributed by atoms with Crippen LogP contribution in [0.1, 0.15) is 6.92 Å². The highest BCUT2D eigenvalue weighted by molar-refractivity contribution is 7.13. The summed E-state index contributed by atoms with van der Waals surface area (Å²) in [7, 11) is 0. The summed E-state index contributed by atoms with van der Waals surface area (Å²) >= 11 is 1.48. The Morgan fingerprint density at radius 2 is 1.97 bits per heavy atom. The molecule has 0 aliphatic carbocycles. The number of aromatic nitrogens is 4. The van der Waals surface area contributed by atoms with Gasteiger partial charge in [0, 0.05) is 5.69 Å². The number of nitrogens with one attached hydrogen (secondary N) is 1. The van der Waals surface area contributed by atoms with Crippen molar-refractivity contribution in [2.24, 2.45) is 0 Å². The third-order valence-corrected chi connectivity index (χ3v) is 5.03. The predicted octanol–water partition coefficient (Wildman–Crippen LogP) is 3.13. The molecule has 2 aromatic carbocycles. The molecule has 146 valence electrons. The second kappa shape index (κ2) is 8.19. The van der Waals surface area contributed by atoms with Gasteiger partial charge >= 0.3 is 5.97 Å². The van der Waals surface area contributed by atoms with Gasteiger partial charge in [0.15, 0.2) is 12.6 Å². The van der Waals surface area contributed by atoms with Crippen LogP contribution >= 0.6 is 11.3 Å². The van der Waals surface area contributed by atoms with Crippen molar-refractivity contribution < 1.29 is 14.3 Å². The monoisotopic (exact) mass is 407 g/mol. The zero-order chi connectivity index (χ0) is 20.2. The molecule has 1 amide bonds. The highest BCUT2D eigenvalue weighted by atomic mass is 32.1. The van der Waals surface area contributed by atoms with Crippen molar-refractivity contribution in [1.29, 1.82) is 0 Å². The average Bonchev–Trinajstić information content (AvgIpc) is 3.39. The topological polar surface area (TPSA) is 99.0 Å². The van der Waals surface area contributed by atoms with Crippen LogP contribution in [0.5, 0.6) is 0 Å². The van der Waals surface area contributed by atoms with Crippen LogP contribution in [0.15, 0.2) is 60.0 Å². The molecule has 0 fully saturated rings. The fraction of sp³-hybridized carbons (Fsp3) is 0.150. The van der Waals surface area contributed by atoms with E-state index in [0.29, 0.717) is 11.5 Å². The molecule has 4 rings (SSSR count). The Balaban J connectivity index is 1.33. The average molecular weight is 407 g/mol. The lowest BCUT2D eigenvalue weighted by atomic mass is 10.1. The van der Waals surface area contributed by atoms with Crippen molar-refractivity contribution in [3.05, 3.63) is 60.0 Å². The maximum absolute atomic E-state index is 12.4. The Labute approximate surface area is 170 Å². The van der Waals surface area contributed by atoms with Gasteiger partial charge in [-0.05, 0) is 46.5 Å². The number of hydrogen-bond acceptors (Lipinski definition) is 7. The van der Waals surface area contributed by atoms with Crippen molar-refractivity contribution in [3.63, 3.8) is 0 Å². The minimum Gasteiger partial charge on any atom is -0.451 e. The SMILES string of the molecule is C[C@H](OC(=O)Cn1nnc(-c2cccs2)n1)C(=O)Nc1ccc2ccccc2c1. The van der Waals surface area contributed by atoms with Gasteiger partial charge in [-0.25, -0.2) is 4.79 Å². The van der Waals surface area contributed by atoms with Crippen LogP contribution < -0.4 is 5.32 Å². The molecule has 0 saturated carbocycles. The number of carbonyl (C=O) groups is 2. The van der Waals surface area contributed by atoms with Crippen LogP contribution in [0, 0.1) is 0 Å². The van der Waals surface area contributed by atoms with Crippen molar-refractivity contribution >= 4 is 39.7 Å². The molecule has 0 radical (unpaired) electrons. The molecule has 0 unspecified atom stereocenters. The summed E-state index contributed by atoms with van der Waals surface area (Å²) in [5.74, 6) is -0.601. The minimum atomic E-state index is -0.964. The molecule has 0 bridgehead atoms. The maximum atomic E-state index is 12.4. The number of benzene rings is 2. The summed E-state index contributed by atoms with van der Waals surface area (Å²) in [6.45, 7) is 1.28. The van der Waals surface area contributed by atoms with Gasteiger partial charge in [-0.1, -0.05) is 36.4 Å². The van der Waals surface area contributed by atoms with Gasteiger partial charge in [-0.15, -0.1) is 21.5 Å². The number of nitrogens with zero attached hydrogens (tertiary/aromatic N) is 4. The molecule has 2 heterocycles. The Morgan fingerprint density at radius 1 is 1.14 bits per heavy atom. The van der Waals surface area contributed by atoms with Crippen LogP contribution in [0.2, 0.25) is 0 Å². The highest BCUT2D eigenvalue weighted by Crippen LogP contribution is 2.20. The summed E-state index contributed by atoms with van der Waals surface area (Å²) in [6.07, 6.45) is -0.964. The minimum absolute atomic E-state index is 0.230. The lowest BCUT2D eigenvalue weighted by molar-refractivity contribution is -0.154. The molecule has 0 aliphatic rings. The van der Waals surface area contributed by atoms with Gasteiger partial charge in [0.25, 0.3) is 5.91 Å². The van der Waals surface area contributed by atoms with Gasteiger partial charge in [-0.2, -0.15) is 4.80 Å². The summed E-state index contributed by atoms with van der Waals surface area (Å²) in [6, 6.07) is 17.2. The van der Waals surface area contributed by atoms with E-state index in [-0.39, 0.29) is 6.54 Å². The van der Waals surface area contributed by atoms with Crippen molar-refractivity contribution in [2.45, 2.75) is 19.6 Å². The summed E-state index contributed by atoms with van der Waals surface area (Å²) in [4.78, 5) is 26.5. The van der Waals surface area contributed by atoms with Gasteiger partial charge in [0.2, 0.25) is 5.82 Å². The second-order valence-corrected chi connectivity index (χ2v) is 7.25. The van der Waals surface area contributed by atoms with Crippen LogP contribution in [-0.4, -0.2) is 38.2 Å². The van der Waals surface area contributed by atoms with Crippen LogP contribution in [-0.2, 0) is 20.9 Å². The fourth-order valence-electron chi connectivity index (χ4n) is 2.73. The first-order valence-corrected chi connectivity index (χ1v) is 9.77. The van der Waals surface area contributed by atoms with Crippen molar-refractivity contribution in [3.8, 4) is 10.7 Å². The Bertz CT molecular complexity index is 1160. The molecule has 9 heteroatoms. The zero-order valence-corrected chi connectivity index (χ0v) is 16.3. The van der Waals surface area contributed by atoms with E-state index in [0.717, 1.165) is 20.4 Å². The molecule has 0 aliphatic heterocycles. The normalized spacial score (nSPS) is 11.9. The van der Waals surface area contributed by atoms with Gasteiger partial charge in [0.05, 0.1) is 4.88 Å². The first kappa shape index (κ1) is 18.8. The Morgan fingerprint density at radius 3 is 2.76 bits per heavy atom. The molecule has 29 heavy (non-hydrogen) atoms. The van der Waals surface area contributed by atoms with Gasteiger partial charge in [-0.3, -0.25) is 4.79 Å². The molecule has 4 aromatic rings. The number of anilines is 1. The smallest absolute Gasteiger partial charge is 0.330 e. The number of ether oxygens (including phenoxy) is 1. The van der Waals surface area contributed by atoms with Crippen molar-refractivity contribution in [2.75, 3.05) is 5.32 Å². The Hall–Kier alpha value is -3.59. The van der Waals surface area contributed by atoms with Gasteiger partial charge in [0.1, 0.15) is 0 Å². The number of carbonyl (C=O) groups excluding carboxylic acids is 2. The van der Waals surface area contributed by atoms with E-state index in [1.165, 1.54) is 18.3 Å². The zero-order valence-electron chi connectivity index (χ0n) is 15.5. The second-order valence-electron chi connectivity index (χ2n) is 6.30. The molecule has 1 atom stereocenters. The largest absolute Gasteiger partial charge is 0.451 e.